The highest BCUT2D eigenvalue weighted by atomic mass is 16.5. The smallest absolute Gasteiger partial charge is 0.158 e. The summed E-state index contributed by atoms with van der Waals surface area (Å²) in [5, 5.41) is 11.8. The van der Waals surface area contributed by atoms with E-state index in [2.05, 4.69) is 22.2 Å². The third-order valence-electron chi connectivity index (χ3n) is 2.79. The Bertz CT molecular complexity index is 604. The minimum atomic E-state index is 0.181. The van der Waals surface area contributed by atoms with E-state index in [4.69, 9.17) is 10.00 Å². The lowest BCUT2D eigenvalue weighted by Crippen LogP contribution is -2.09. The fourth-order valence-corrected chi connectivity index (χ4v) is 1.56. The van der Waals surface area contributed by atoms with Gasteiger partial charge in [-0.3, -0.25) is 0 Å². The molecule has 1 N–H and O–H groups in total. The van der Waals surface area contributed by atoms with E-state index in [0.29, 0.717) is 11.5 Å². The monoisotopic (exact) mass is 268 g/mol. The summed E-state index contributed by atoms with van der Waals surface area (Å²) in [5.41, 5.74) is 1.16. The quantitative estimate of drug-likeness (QED) is 0.901. The van der Waals surface area contributed by atoms with E-state index < -0.39 is 0 Å². The van der Waals surface area contributed by atoms with Gasteiger partial charge in [0.1, 0.15) is 17.6 Å². The first kappa shape index (κ1) is 13.8. The molecule has 0 amide bonds. The highest BCUT2D eigenvalue weighted by molar-refractivity contribution is 5.57. The van der Waals surface area contributed by atoms with Crippen molar-refractivity contribution in [3.05, 3.63) is 42.4 Å². The molecule has 1 heterocycles. The number of nitrogens with one attached hydrogen (secondary N) is 1. The van der Waals surface area contributed by atoms with Gasteiger partial charge in [-0.2, -0.15) is 5.26 Å². The van der Waals surface area contributed by atoms with Crippen LogP contribution in [0.3, 0.4) is 0 Å². The van der Waals surface area contributed by atoms with E-state index in [-0.39, 0.29) is 6.10 Å². The van der Waals surface area contributed by atoms with Crippen LogP contribution in [0.1, 0.15) is 26.0 Å². The van der Waals surface area contributed by atoms with Crippen LogP contribution in [0.15, 0.2) is 36.7 Å². The van der Waals surface area contributed by atoms with Gasteiger partial charge in [-0.25, -0.2) is 9.97 Å². The third-order valence-corrected chi connectivity index (χ3v) is 2.79. The van der Waals surface area contributed by atoms with Gasteiger partial charge in [0.15, 0.2) is 5.69 Å². The molecule has 1 atom stereocenters. The van der Waals surface area contributed by atoms with Crippen molar-refractivity contribution in [1.29, 1.82) is 5.26 Å². The molecule has 0 aliphatic rings. The second-order valence-electron chi connectivity index (χ2n) is 4.39. The molecule has 0 bridgehead atoms. The number of aromatic nitrogens is 2. The van der Waals surface area contributed by atoms with E-state index in [1.54, 1.807) is 0 Å². The number of hydrogen-bond donors (Lipinski definition) is 1. The number of hydrogen-bond acceptors (Lipinski definition) is 5. The van der Waals surface area contributed by atoms with Crippen LogP contribution in [-0.2, 0) is 0 Å². The Hall–Kier alpha value is -2.61. The zero-order chi connectivity index (χ0) is 14.4. The fraction of sp³-hybridized carbons (Fsp3) is 0.267. The van der Waals surface area contributed by atoms with Crippen LogP contribution in [0, 0.1) is 11.3 Å². The van der Waals surface area contributed by atoms with Crippen LogP contribution in [0.25, 0.3) is 0 Å². The number of nitriles is 1. The third kappa shape index (κ3) is 3.69. The maximum atomic E-state index is 8.67. The Morgan fingerprint density at radius 2 is 2.20 bits per heavy atom. The molecule has 0 aliphatic heterocycles. The Labute approximate surface area is 118 Å². The average molecular weight is 268 g/mol. The molecular formula is C15H16N4O. The van der Waals surface area contributed by atoms with Crippen molar-refractivity contribution in [3.8, 4) is 11.8 Å². The minimum absolute atomic E-state index is 0.181. The van der Waals surface area contributed by atoms with Crippen molar-refractivity contribution in [2.75, 3.05) is 5.32 Å². The van der Waals surface area contributed by atoms with Crippen LogP contribution in [-0.4, -0.2) is 16.1 Å². The van der Waals surface area contributed by atoms with Gasteiger partial charge in [-0.1, -0.05) is 13.0 Å². The highest BCUT2D eigenvalue weighted by Gasteiger charge is 2.03. The summed E-state index contributed by atoms with van der Waals surface area (Å²) in [6.07, 6.45) is 4.10. The van der Waals surface area contributed by atoms with E-state index in [1.165, 1.54) is 12.4 Å². The molecule has 102 valence electrons. The molecule has 0 aliphatic carbocycles. The van der Waals surface area contributed by atoms with Gasteiger partial charge in [0.25, 0.3) is 0 Å². The first-order valence-corrected chi connectivity index (χ1v) is 6.47. The number of rotatable bonds is 5. The van der Waals surface area contributed by atoms with Crippen molar-refractivity contribution in [1.82, 2.24) is 9.97 Å². The van der Waals surface area contributed by atoms with Gasteiger partial charge in [0.05, 0.1) is 18.5 Å². The standard InChI is InChI=1S/C15H16N4O/c1-3-11(2)20-14-6-4-5-12(7-14)19-15-10-17-13(8-16)9-18-15/h4-7,9-11H,3H2,1-2H3,(H,18,19). The van der Waals surface area contributed by atoms with Crippen molar-refractivity contribution in [3.63, 3.8) is 0 Å². The van der Waals surface area contributed by atoms with Gasteiger partial charge < -0.3 is 10.1 Å². The molecule has 5 heteroatoms. The largest absolute Gasteiger partial charge is 0.491 e. The Balaban J connectivity index is 2.09. The molecule has 0 spiro atoms. The van der Waals surface area contributed by atoms with Gasteiger partial charge in [0, 0.05) is 11.8 Å². The normalized spacial score (nSPS) is 11.4. The predicted molar refractivity (Wildman–Crippen MR) is 76.9 cm³/mol. The molecule has 0 saturated heterocycles. The molecule has 1 unspecified atom stereocenters. The maximum absolute atomic E-state index is 8.67. The Morgan fingerprint density at radius 3 is 2.85 bits per heavy atom. The highest BCUT2D eigenvalue weighted by Crippen LogP contribution is 2.21. The van der Waals surface area contributed by atoms with Gasteiger partial charge >= 0.3 is 0 Å². The zero-order valence-electron chi connectivity index (χ0n) is 11.5. The van der Waals surface area contributed by atoms with Crippen LogP contribution in [0.4, 0.5) is 11.5 Å². The van der Waals surface area contributed by atoms with Gasteiger partial charge in [0.2, 0.25) is 0 Å². The summed E-state index contributed by atoms with van der Waals surface area (Å²) in [7, 11) is 0. The first-order chi connectivity index (χ1) is 9.71. The van der Waals surface area contributed by atoms with Gasteiger partial charge in [-0.05, 0) is 25.5 Å². The summed E-state index contributed by atoms with van der Waals surface area (Å²) in [5.74, 6) is 1.40. The molecule has 2 rings (SSSR count). The number of nitrogens with zero attached hydrogens (tertiary/aromatic N) is 3. The molecule has 1 aromatic carbocycles. The molecule has 0 fully saturated rings. The lowest BCUT2D eigenvalue weighted by molar-refractivity contribution is 0.217. The van der Waals surface area contributed by atoms with Crippen LogP contribution >= 0.6 is 0 Å². The molecule has 2 aromatic rings. The van der Waals surface area contributed by atoms with E-state index in [0.717, 1.165) is 17.9 Å². The minimum Gasteiger partial charge on any atom is -0.491 e. The van der Waals surface area contributed by atoms with Crippen LogP contribution < -0.4 is 10.1 Å². The zero-order valence-corrected chi connectivity index (χ0v) is 11.5. The van der Waals surface area contributed by atoms with Crippen molar-refractivity contribution in [2.45, 2.75) is 26.4 Å². The van der Waals surface area contributed by atoms with Crippen molar-refractivity contribution < 1.29 is 4.74 Å². The van der Waals surface area contributed by atoms with Crippen molar-refractivity contribution in [2.24, 2.45) is 0 Å². The first-order valence-electron chi connectivity index (χ1n) is 6.47. The molecule has 1 aromatic heterocycles. The Kier molecular flexibility index (Phi) is 4.51. The SMILES string of the molecule is CCC(C)Oc1cccc(Nc2cnc(C#N)cn2)c1. The topological polar surface area (TPSA) is 70.8 Å². The molecule has 0 saturated carbocycles. The molecule has 5 nitrogen and oxygen atoms in total. The maximum Gasteiger partial charge on any atom is 0.158 e. The Morgan fingerprint density at radius 1 is 1.35 bits per heavy atom. The van der Waals surface area contributed by atoms with E-state index in [1.807, 2.05) is 37.3 Å². The van der Waals surface area contributed by atoms with Gasteiger partial charge in [-0.15, -0.1) is 0 Å². The summed E-state index contributed by atoms with van der Waals surface area (Å²) in [4.78, 5) is 8.07. The summed E-state index contributed by atoms with van der Waals surface area (Å²) in [6.45, 7) is 4.12. The second-order valence-corrected chi connectivity index (χ2v) is 4.39. The van der Waals surface area contributed by atoms with E-state index in [9.17, 15) is 0 Å². The van der Waals surface area contributed by atoms with Crippen molar-refractivity contribution >= 4 is 11.5 Å². The predicted octanol–water partition coefficient (Wildman–Crippen LogP) is 3.27. The number of ether oxygens (including phenoxy) is 1. The molecule has 20 heavy (non-hydrogen) atoms. The second kappa shape index (κ2) is 6.53. The summed E-state index contributed by atoms with van der Waals surface area (Å²) < 4.78 is 5.76. The summed E-state index contributed by atoms with van der Waals surface area (Å²) >= 11 is 0. The summed E-state index contributed by atoms with van der Waals surface area (Å²) in [6, 6.07) is 9.59. The number of anilines is 2. The van der Waals surface area contributed by atoms with Crippen LogP contribution in [0.2, 0.25) is 0 Å². The average Bonchev–Trinajstić information content (AvgIpc) is 2.48. The van der Waals surface area contributed by atoms with Crippen LogP contribution in [0.5, 0.6) is 5.75 Å². The number of benzene rings is 1. The molecular weight excluding hydrogens is 252 g/mol. The van der Waals surface area contributed by atoms with E-state index >= 15 is 0 Å². The lowest BCUT2D eigenvalue weighted by Gasteiger charge is -2.13. The lowest BCUT2D eigenvalue weighted by atomic mass is 10.2. The molecule has 0 radical (unpaired) electrons. The fourth-order valence-electron chi connectivity index (χ4n) is 1.56.